The standard InChI is InChI=1S/C33H38N4O4/c1-22(2)16-29(36-21-24-18-27-10-6-7-11-28(27)35-20-24)33(41)37(15-14-31(38)39)30(32(40)34-3)19-23-12-13-25-8-4-5-9-26(25)17-23/h4-13,17-18,20,22,29-30,36H,14-16,19,21H2,1-3H3,(H,34,40)(H,38,39)/t29-,30-/m0/s1. The molecule has 2 atom stereocenters. The number of amides is 2. The van der Waals surface area contributed by atoms with Crippen molar-refractivity contribution >= 4 is 39.5 Å². The van der Waals surface area contributed by atoms with Gasteiger partial charge in [-0.1, -0.05) is 74.5 Å². The SMILES string of the molecule is CNC(=O)[C@H](Cc1ccc2ccccc2c1)N(CCC(=O)O)C(=O)[C@H](CC(C)C)NCc1cnc2ccccc2c1. The number of carboxylic acids is 1. The average molecular weight is 555 g/mol. The summed E-state index contributed by atoms with van der Waals surface area (Å²) in [6.07, 6.45) is 2.32. The van der Waals surface area contributed by atoms with Gasteiger partial charge < -0.3 is 20.6 Å². The average Bonchev–Trinajstić information content (AvgIpc) is 2.97. The van der Waals surface area contributed by atoms with Gasteiger partial charge in [0.05, 0.1) is 18.0 Å². The number of para-hydroxylation sites is 1. The number of nitrogens with one attached hydrogen (secondary N) is 2. The van der Waals surface area contributed by atoms with E-state index >= 15 is 0 Å². The van der Waals surface area contributed by atoms with Gasteiger partial charge in [-0.15, -0.1) is 0 Å². The minimum atomic E-state index is -1.03. The Morgan fingerprint density at radius 3 is 2.29 bits per heavy atom. The maximum atomic E-state index is 14.2. The third-order valence-corrected chi connectivity index (χ3v) is 7.22. The summed E-state index contributed by atoms with van der Waals surface area (Å²) in [5.41, 5.74) is 2.72. The largest absolute Gasteiger partial charge is 0.481 e. The van der Waals surface area contributed by atoms with Crippen molar-refractivity contribution in [3.63, 3.8) is 0 Å². The van der Waals surface area contributed by atoms with Crippen LogP contribution < -0.4 is 10.6 Å². The molecule has 0 saturated heterocycles. The van der Waals surface area contributed by atoms with Gasteiger partial charge in [-0.2, -0.15) is 0 Å². The molecule has 0 spiro atoms. The van der Waals surface area contributed by atoms with Crippen LogP contribution in [0.2, 0.25) is 0 Å². The fraction of sp³-hybridized carbons (Fsp3) is 0.333. The molecule has 1 heterocycles. The van der Waals surface area contributed by atoms with Gasteiger partial charge in [-0.05, 0) is 46.4 Å². The van der Waals surface area contributed by atoms with Crippen LogP contribution in [0.5, 0.6) is 0 Å². The van der Waals surface area contributed by atoms with Crippen LogP contribution >= 0.6 is 0 Å². The van der Waals surface area contributed by atoms with Crippen LogP contribution in [-0.4, -0.2) is 58.5 Å². The number of carbonyl (C=O) groups excluding carboxylic acids is 2. The van der Waals surface area contributed by atoms with Crippen molar-refractivity contribution in [3.8, 4) is 0 Å². The van der Waals surface area contributed by atoms with E-state index in [9.17, 15) is 19.5 Å². The van der Waals surface area contributed by atoms with Gasteiger partial charge in [0.1, 0.15) is 6.04 Å². The van der Waals surface area contributed by atoms with Gasteiger partial charge in [0.2, 0.25) is 11.8 Å². The summed E-state index contributed by atoms with van der Waals surface area (Å²) >= 11 is 0. The van der Waals surface area contributed by atoms with E-state index in [2.05, 4.69) is 15.6 Å². The van der Waals surface area contributed by atoms with Gasteiger partial charge in [0, 0.05) is 38.1 Å². The van der Waals surface area contributed by atoms with E-state index < -0.39 is 18.1 Å². The minimum absolute atomic E-state index is 0.0758. The van der Waals surface area contributed by atoms with E-state index in [1.54, 1.807) is 6.20 Å². The van der Waals surface area contributed by atoms with Crippen LogP contribution in [0.3, 0.4) is 0 Å². The molecule has 1 aromatic heterocycles. The molecule has 4 rings (SSSR count). The Balaban J connectivity index is 1.62. The van der Waals surface area contributed by atoms with Crippen LogP contribution in [0, 0.1) is 5.92 Å². The number of hydrogen-bond donors (Lipinski definition) is 3. The summed E-state index contributed by atoms with van der Waals surface area (Å²) < 4.78 is 0. The molecule has 0 bridgehead atoms. The number of likely N-dealkylation sites (N-methyl/N-ethyl adjacent to an activating group) is 1. The maximum absolute atomic E-state index is 14.2. The predicted molar refractivity (Wildman–Crippen MR) is 161 cm³/mol. The smallest absolute Gasteiger partial charge is 0.305 e. The zero-order valence-electron chi connectivity index (χ0n) is 23.8. The van der Waals surface area contributed by atoms with Crippen LogP contribution in [0.4, 0.5) is 0 Å². The number of nitrogens with zero attached hydrogens (tertiary/aromatic N) is 2. The molecule has 4 aromatic rings. The third kappa shape index (κ3) is 7.89. The molecule has 0 aliphatic heterocycles. The Morgan fingerprint density at radius 1 is 0.902 bits per heavy atom. The fourth-order valence-corrected chi connectivity index (χ4v) is 5.13. The zero-order valence-corrected chi connectivity index (χ0v) is 23.8. The van der Waals surface area contributed by atoms with E-state index in [4.69, 9.17) is 0 Å². The minimum Gasteiger partial charge on any atom is -0.481 e. The van der Waals surface area contributed by atoms with Crippen molar-refractivity contribution in [1.29, 1.82) is 0 Å². The first kappa shape index (κ1) is 29.7. The molecule has 41 heavy (non-hydrogen) atoms. The second kappa shape index (κ2) is 13.9. The van der Waals surface area contributed by atoms with Crippen LogP contribution in [0.25, 0.3) is 21.7 Å². The van der Waals surface area contributed by atoms with E-state index in [1.807, 2.05) is 86.6 Å². The summed E-state index contributed by atoms with van der Waals surface area (Å²) in [4.78, 5) is 45.0. The summed E-state index contributed by atoms with van der Waals surface area (Å²) in [6, 6.07) is 22.3. The molecule has 0 fully saturated rings. The number of carboxylic acid groups (broad SMARTS) is 1. The summed E-state index contributed by atoms with van der Waals surface area (Å²) in [6.45, 7) is 4.40. The van der Waals surface area contributed by atoms with E-state index in [-0.39, 0.29) is 37.1 Å². The number of aliphatic carboxylic acids is 1. The van der Waals surface area contributed by atoms with Gasteiger partial charge in [0.15, 0.2) is 0 Å². The van der Waals surface area contributed by atoms with Crippen molar-refractivity contribution < 1.29 is 19.5 Å². The van der Waals surface area contributed by atoms with Crippen molar-refractivity contribution in [2.45, 2.75) is 51.7 Å². The molecule has 0 aliphatic rings. The first-order chi connectivity index (χ1) is 19.7. The molecule has 214 valence electrons. The van der Waals surface area contributed by atoms with Crippen molar-refractivity contribution in [2.24, 2.45) is 5.92 Å². The molecule has 0 saturated carbocycles. The number of fused-ring (bicyclic) bond motifs is 2. The first-order valence-corrected chi connectivity index (χ1v) is 14.0. The van der Waals surface area contributed by atoms with Crippen molar-refractivity contribution in [3.05, 3.63) is 90.1 Å². The second-order valence-electron chi connectivity index (χ2n) is 10.8. The molecule has 8 nitrogen and oxygen atoms in total. The molecular weight excluding hydrogens is 516 g/mol. The van der Waals surface area contributed by atoms with Gasteiger partial charge in [-0.25, -0.2) is 0 Å². The number of carbonyl (C=O) groups is 3. The van der Waals surface area contributed by atoms with Crippen molar-refractivity contribution in [1.82, 2.24) is 20.5 Å². The number of pyridine rings is 1. The fourth-order valence-electron chi connectivity index (χ4n) is 5.13. The predicted octanol–water partition coefficient (Wildman–Crippen LogP) is 4.55. The second-order valence-corrected chi connectivity index (χ2v) is 10.8. The number of hydrogen-bond acceptors (Lipinski definition) is 5. The highest BCUT2D eigenvalue weighted by Gasteiger charge is 2.34. The number of aromatic nitrogens is 1. The Hall–Kier alpha value is -4.30. The normalized spacial score (nSPS) is 12.8. The number of benzene rings is 3. The third-order valence-electron chi connectivity index (χ3n) is 7.22. The highest BCUT2D eigenvalue weighted by Crippen LogP contribution is 2.20. The van der Waals surface area contributed by atoms with Gasteiger partial charge >= 0.3 is 5.97 Å². The maximum Gasteiger partial charge on any atom is 0.305 e. The topological polar surface area (TPSA) is 112 Å². The zero-order chi connectivity index (χ0) is 29.4. The molecular formula is C33H38N4O4. The molecule has 8 heteroatoms. The highest BCUT2D eigenvalue weighted by molar-refractivity contribution is 5.90. The molecule has 0 aliphatic carbocycles. The molecule has 3 N–H and O–H groups in total. The van der Waals surface area contributed by atoms with E-state index in [1.165, 1.54) is 11.9 Å². The van der Waals surface area contributed by atoms with Gasteiger partial charge in [0.25, 0.3) is 0 Å². The molecule has 0 radical (unpaired) electrons. The lowest BCUT2D eigenvalue weighted by molar-refractivity contribution is -0.144. The summed E-state index contributed by atoms with van der Waals surface area (Å²) in [5.74, 6) is -1.46. The number of rotatable bonds is 13. The van der Waals surface area contributed by atoms with Crippen LogP contribution in [-0.2, 0) is 27.3 Å². The Bertz CT molecular complexity index is 1520. The lowest BCUT2D eigenvalue weighted by Crippen LogP contribution is -2.56. The first-order valence-electron chi connectivity index (χ1n) is 14.0. The summed E-state index contributed by atoms with van der Waals surface area (Å²) in [7, 11) is 1.53. The van der Waals surface area contributed by atoms with Gasteiger partial charge in [-0.3, -0.25) is 19.4 Å². The Labute approximate surface area is 240 Å². The summed E-state index contributed by atoms with van der Waals surface area (Å²) in [5, 5.41) is 18.7. The van der Waals surface area contributed by atoms with Crippen LogP contribution in [0.15, 0.2) is 79.0 Å². The lowest BCUT2D eigenvalue weighted by Gasteiger charge is -2.34. The monoisotopic (exact) mass is 554 g/mol. The van der Waals surface area contributed by atoms with E-state index in [0.29, 0.717) is 13.0 Å². The highest BCUT2D eigenvalue weighted by atomic mass is 16.4. The Kier molecular flexibility index (Phi) is 10.0. The quantitative estimate of drug-likeness (QED) is 0.224. The molecule has 0 unspecified atom stereocenters. The molecule has 2 amide bonds. The molecule has 3 aromatic carbocycles. The Morgan fingerprint density at radius 2 is 1.59 bits per heavy atom. The lowest BCUT2D eigenvalue weighted by atomic mass is 9.97. The van der Waals surface area contributed by atoms with Crippen molar-refractivity contribution in [2.75, 3.05) is 13.6 Å². The van der Waals surface area contributed by atoms with Crippen LogP contribution in [0.1, 0.15) is 37.8 Å². The van der Waals surface area contributed by atoms with E-state index in [0.717, 1.165) is 32.8 Å².